The lowest BCUT2D eigenvalue weighted by molar-refractivity contribution is -0.131. The van der Waals surface area contributed by atoms with Gasteiger partial charge in [0.25, 0.3) is 0 Å². The molecule has 0 spiro atoms. The van der Waals surface area contributed by atoms with Gasteiger partial charge < -0.3 is 19.3 Å². The van der Waals surface area contributed by atoms with Gasteiger partial charge in [-0.25, -0.2) is 9.03 Å². The van der Waals surface area contributed by atoms with E-state index in [4.69, 9.17) is 9.47 Å². The number of hydrogen-bond acceptors (Lipinski definition) is 6. The van der Waals surface area contributed by atoms with Gasteiger partial charge in [-0.05, 0) is 48.7 Å². The highest BCUT2D eigenvalue weighted by Gasteiger charge is 2.32. The molecule has 0 aliphatic carbocycles. The first kappa shape index (κ1) is 33.2. The lowest BCUT2D eigenvalue weighted by Gasteiger charge is -2.33. The number of likely N-dealkylation sites (tertiary alicyclic amines) is 1. The fourth-order valence-electron chi connectivity index (χ4n) is 5.31. The third kappa shape index (κ3) is 7.74. The Balaban J connectivity index is 0.00000484. The molecule has 9 nitrogen and oxygen atoms in total. The van der Waals surface area contributed by atoms with Crippen molar-refractivity contribution < 1.29 is 22.7 Å². The summed E-state index contributed by atoms with van der Waals surface area (Å²) < 4.78 is 41.8. The number of amides is 1. The number of carbonyl (C=O) groups is 1. The Morgan fingerprint density at radius 1 is 0.952 bits per heavy atom. The third-order valence-corrected chi connectivity index (χ3v) is 8.99. The van der Waals surface area contributed by atoms with Gasteiger partial charge in [0.1, 0.15) is 5.69 Å². The zero-order valence-corrected chi connectivity index (χ0v) is 26.3. The smallest absolute Gasteiger partial charge is 0.301 e. The highest BCUT2D eigenvalue weighted by Crippen LogP contribution is 2.42. The number of nitrogens with zero attached hydrogens (tertiary/aromatic N) is 3. The predicted molar refractivity (Wildman–Crippen MR) is 169 cm³/mol. The molecule has 0 saturated carbocycles. The lowest BCUT2D eigenvalue weighted by atomic mass is 10.0. The van der Waals surface area contributed by atoms with Crippen LogP contribution in [0.1, 0.15) is 35.6 Å². The highest BCUT2D eigenvalue weighted by atomic mass is 35.5. The molecule has 1 saturated heterocycles. The molecule has 1 heterocycles. The Kier molecular flexibility index (Phi) is 12.0. The van der Waals surface area contributed by atoms with E-state index in [9.17, 15) is 13.2 Å². The zero-order chi connectivity index (χ0) is 29.4. The van der Waals surface area contributed by atoms with Crippen molar-refractivity contribution >= 4 is 34.2 Å². The van der Waals surface area contributed by atoms with Gasteiger partial charge in [-0.2, -0.15) is 8.42 Å². The van der Waals surface area contributed by atoms with E-state index in [1.807, 2.05) is 67.7 Å². The van der Waals surface area contributed by atoms with Crippen molar-refractivity contribution in [3.05, 3.63) is 89.5 Å². The fraction of sp³-hybridized carbons (Fsp3) is 0.387. The van der Waals surface area contributed by atoms with Gasteiger partial charge in [0, 0.05) is 20.6 Å². The molecular weight excluding hydrogens is 576 g/mol. The van der Waals surface area contributed by atoms with E-state index in [0.29, 0.717) is 11.3 Å². The van der Waals surface area contributed by atoms with Crippen molar-refractivity contribution in [1.82, 2.24) is 14.5 Å². The minimum absolute atomic E-state index is 0. The second kappa shape index (κ2) is 15.2. The number of methoxy groups -OCH3 is 2. The van der Waals surface area contributed by atoms with Crippen LogP contribution in [0.2, 0.25) is 0 Å². The number of nitrogens with one attached hydrogen (secondary N) is 1. The first-order valence-corrected chi connectivity index (χ1v) is 15.2. The summed E-state index contributed by atoms with van der Waals surface area (Å²) in [6, 6.07) is 22.6. The van der Waals surface area contributed by atoms with Crippen molar-refractivity contribution in [2.75, 3.05) is 52.3 Å². The van der Waals surface area contributed by atoms with Gasteiger partial charge in [-0.3, -0.25) is 4.79 Å². The number of carbonyl (C=O) groups excluding carboxylic acids is 1. The van der Waals surface area contributed by atoms with E-state index in [1.54, 1.807) is 17.0 Å². The summed E-state index contributed by atoms with van der Waals surface area (Å²) in [6.07, 6.45) is 2.29. The predicted octanol–water partition coefficient (Wildman–Crippen LogP) is 4.43. The normalized spacial score (nSPS) is 14.1. The molecule has 0 unspecified atom stereocenters. The standard InChI is InChI=1S/C31H40N4O5S.ClH/c1-32-41(37,38)35(22-24-13-7-5-8-14-24)30-26(17-18-28(39-3)31(30)40-4)21-29(36)33(2)27(23-34-19-11-12-20-34)25-15-9-6-10-16-25;/h5-10,13-18,27,32H,11-12,19-23H2,1-4H3;1H/t27-;/m1./s1. The topological polar surface area (TPSA) is 91.4 Å². The molecule has 1 aliphatic heterocycles. The summed E-state index contributed by atoms with van der Waals surface area (Å²) in [7, 11) is 2.14. The Labute approximate surface area is 256 Å². The molecular formula is C31H41ClN4O5S. The minimum Gasteiger partial charge on any atom is -0.493 e. The van der Waals surface area contributed by atoms with Gasteiger partial charge in [-0.15, -0.1) is 12.4 Å². The van der Waals surface area contributed by atoms with Crippen LogP contribution in [-0.2, 0) is 28.0 Å². The average molecular weight is 617 g/mol. The monoisotopic (exact) mass is 616 g/mol. The van der Waals surface area contributed by atoms with Gasteiger partial charge >= 0.3 is 10.2 Å². The van der Waals surface area contributed by atoms with Crippen molar-refractivity contribution in [2.24, 2.45) is 0 Å². The van der Waals surface area contributed by atoms with Crippen LogP contribution in [0.3, 0.4) is 0 Å². The molecule has 42 heavy (non-hydrogen) atoms. The molecule has 1 amide bonds. The number of anilines is 1. The number of hydrogen-bond donors (Lipinski definition) is 1. The quantitative estimate of drug-likeness (QED) is 0.305. The molecule has 228 valence electrons. The first-order chi connectivity index (χ1) is 19.8. The molecule has 1 fully saturated rings. The molecule has 3 aromatic rings. The molecule has 0 bridgehead atoms. The summed E-state index contributed by atoms with van der Waals surface area (Å²) in [4.78, 5) is 18.1. The van der Waals surface area contributed by atoms with Crippen LogP contribution >= 0.6 is 12.4 Å². The number of rotatable bonds is 13. The molecule has 3 aromatic carbocycles. The molecule has 0 aromatic heterocycles. The molecule has 1 aliphatic rings. The maximum atomic E-state index is 14.0. The van der Waals surface area contributed by atoms with E-state index in [1.165, 1.54) is 25.6 Å². The van der Waals surface area contributed by atoms with Gasteiger partial charge in [0.15, 0.2) is 11.5 Å². The van der Waals surface area contributed by atoms with Crippen LogP contribution in [0.4, 0.5) is 5.69 Å². The number of likely N-dealkylation sites (N-methyl/N-ethyl adjacent to an activating group) is 1. The van der Waals surface area contributed by atoms with Crippen molar-refractivity contribution in [1.29, 1.82) is 0 Å². The molecule has 1 N–H and O–H groups in total. The summed E-state index contributed by atoms with van der Waals surface area (Å²) in [5.41, 5.74) is 2.62. The Bertz CT molecular complexity index is 1400. The summed E-state index contributed by atoms with van der Waals surface area (Å²) in [6.45, 7) is 2.80. The summed E-state index contributed by atoms with van der Waals surface area (Å²) >= 11 is 0. The maximum absolute atomic E-state index is 14.0. The average Bonchev–Trinajstić information content (AvgIpc) is 3.52. The van der Waals surface area contributed by atoms with Crippen molar-refractivity contribution in [3.63, 3.8) is 0 Å². The van der Waals surface area contributed by atoms with E-state index >= 15 is 0 Å². The van der Waals surface area contributed by atoms with E-state index in [0.717, 1.165) is 43.6 Å². The maximum Gasteiger partial charge on any atom is 0.301 e. The van der Waals surface area contributed by atoms with Crippen LogP contribution < -0.4 is 18.5 Å². The minimum atomic E-state index is -4.01. The highest BCUT2D eigenvalue weighted by molar-refractivity contribution is 7.90. The van der Waals surface area contributed by atoms with E-state index < -0.39 is 10.2 Å². The van der Waals surface area contributed by atoms with Crippen molar-refractivity contribution in [3.8, 4) is 11.5 Å². The second-order valence-corrected chi connectivity index (χ2v) is 11.9. The van der Waals surface area contributed by atoms with Crippen LogP contribution in [0.5, 0.6) is 11.5 Å². The Morgan fingerprint density at radius 2 is 1.57 bits per heavy atom. The van der Waals surface area contributed by atoms with Crippen LogP contribution in [0.25, 0.3) is 0 Å². The Morgan fingerprint density at radius 3 is 2.14 bits per heavy atom. The second-order valence-electron chi connectivity index (χ2n) is 10.1. The van der Waals surface area contributed by atoms with Crippen LogP contribution in [0, 0.1) is 0 Å². The van der Waals surface area contributed by atoms with Gasteiger partial charge in [0.2, 0.25) is 5.91 Å². The SMILES string of the molecule is CNS(=O)(=O)N(Cc1ccccc1)c1c(CC(=O)N(C)[C@H](CN2CCCC2)c2ccccc2)ccc(OC)c1OC.Cl. The number of benzene rings is 3. The molecule has 4 rings (SSSR count). The molecule has 1 atom stereocenters. The fourth-order valence-corrected chi connectivity index (χ4v) is 6.29. The lowest BCUT2D eigenvalue weighted by Crippen LogP contribution is -2.41. The zero-order valence-electron chi connectivity index (χ0n) is 24.7. The Hall–Kier alpha value is -3.31. The number of halogens is 1. The van der Waals surface area contributed by atoms with E-state index in [-0.39, 0.29) is 48.8 Å². The van der Waals surface area contributed by atoms with Gasteiger partial charge in [-0.1, -0.05) is 66.7 Å². The summed E-state index contributed by atoms with van der Waals surface area (Å²) in [5.74, 6) is 0.479. The van der Waals surface area contributed by atoms with Crippen LogP contribution in [-0.4, -0.2) is 72.1 Å². The van der Waals surface area contributed by atoms with Crippen molar-refractivity contribution in [2.45, 2.75) is 31.8 Å². The number of ether oxygens (including phenoxy) is 2. The first-order valence-electron chi connectivity index (χ1n) is 13.8. The van der Waals surface area contributed by atoms with Gasteiger partial charge in [0.05, 0.1) is 33.2 Å². The third-order valence-electron chi connectivity index (χ3n) is 7.59. The van der Waals surface area contributed by atoms with E-state index in [2.05, 4.69) is 9.62 Å². The summed E-state index contributed by atoms with van der Waals surface area (Å²) in [5, 5.41) is 0. The molecule has 11 heteroatoms. The van der Waals surface area contributed by atoms with Crippen LogP contribution in [0.15, 0.2) is 72.8 Å². The molecule has 0 radical (unpaired) electrons. The largest absolute Gasteiger partial charge is 0.493 e.